The van der Waals surface area contributed by atoms with Crippen LogP contribution in [-0.2, 0) is 0 Å². The summed E-state index contributed by atoms with van der Waals surface area (Å²) in [6.07, 6.45) is 1.45. The van der Waals surface area contributed by atoms with Gasteiger partial charge in [-0.3, -0.25) is 0 Å². The zero-order valence-corrected chi connectivity index (χ0v) is 11.3. The molecule has 0 bridgehead atoms. The average Bonchev–Trinajstić information content (AvgIpc) is 2.80. The quantitative estimate of drug-likeness (QED) is 0.729. The highest BCUT2D eigenvalue weighted by Crippen LogP contribution is 2.23. The first-order valence-electron chi connectivity index (χ1n) is 5.84. The van der Waals surface area contributed by atoms with Crippen LogP contribution in [0.1, 0.15) is 11.1 Å². The van der Waals surface area contributed by atoms with Crippen LogP contribution >= 0.6 is 11.6 Å². The normalized spacial score (nSPS) is 10.9. The number of halogens is 1. The van der Waals surface area contributed by atoms with E-state index in [0.717, 1.165) is 17.1 Å². The number of rotatable bonds is 2. The van der Waals surface area contributed by atoms with E-state index in [1.54, 1.807) is 10.6 Å². The second-order valence-electron chi connectivity index (χ2n) is 4.38. The number of aryl methyl sites for hydroxylation is 2. The molecule has 0 aliphatic heterocycles. The topological polar surface area (TPSA) is 55.1 Å². The first kappa shape index (κ1) is 11.9. The van der Waals surface area contributed by atoms with E-state index in [9.17, 15) is 0 Å². The van der Waals surface area contributed by atoms with Gasteiger partial charge in [0.15, 0.2) is 0 Å². The van der Waals surface area contributed by atoms with E-state index in [1.807, 2.05) is 6.07 Å². The Labute approximate surface area is 115 Å². The Hall–Kier alpha value is -2.14. The largest absolute Gasteiger partial charge is 0.340 e. The number of hydrogen-bond acceptors (Lipinski definition) is 4. The average molecular weight is 274 g/mol. The van der Waals surface area contributed by atoms with Crippen molar-refractivity contribution in [1.29, 1.82) is 0 Å². The van der Waals surface area contributed by atoms with Crippen LogP contribution in [0.5, 0.6) is 0 Å². The molecular formula is C13H12ClN5. The molecule has 0 aliphatic carbocycles. The summed E-state index contributed by atoms with van der Waals surface area (Å²) in [7, 11) is 0. The highest BCUT2D eigenvalue weighted by Gasteiger charge is 2.07. The summed E-state index contributed by atoms with van der Waals surface area (Å²) in [6, 6.07) is 7.92. The smallest absolute Gasteiger partial charge is 0.255 e. The number of aromatic nitrogens is 4. The van der Waals surface area contributed by atoms with E-state index in [-0.39, 0.29) is 0 Å². The Morgan fingerprint density at radius 3 is 2.84 bits per heavy atom. The Bertz CT molecular complexity index is 750. The van der Waals surface area contributed by atoms with Crippen LogP contribution in [0.25, 0.3) is 5.78 Å². The highest BCUT2D eigenvalue weighted by atomic mass is 35.5. The van der Waals surface area contributed by atoms with Crippen molar-refractivity contribution in [3.8, 4) is 0 Å². The van der Waals surface area contributed by atoms with Gasteiger partial charge in [-0.05, 0) is 25.5 Å². The molecule has 96 valence electrons. The molecule has 6 heteroatoms. The fraction of sp³-hybridized carbons (Fsp3) is 0.154. The van der Waals surface area contributed by atoms with Gasteiger partial charge in [0, 0.05) is 11.8 Å². The lowest BCUT2D eigenvalue weighted by Crippen LogP contribution is -2.02. The van der Waals surface area contributed by atoms with Crippen LogP contribution in [0, 0.1) is 13.8 Å². The summed E-state index contributed by atoms with van der Waals surface area (Å²) in [5.41, 5.74) is 3.38. The lowest BCUT2D eigenvalue weighted by molar-refractivity contribution is 0.947. The third kappa shape index (κ3) is 2.24. The summed E-state index contributed by atoms with van der Waals surface area (Å²) in [5, 5.41) is 7.81. The van der Waals surface area contributed by atoms with Crippen molar-refractivity contribution in [1.82, 2.24) is 19.6 Å². The van der Waals surface area contributed by atoms with Crippen molar-refractivity contribution in [3.63, 3.8) is 0 Å². The van der Waals surface area contributed by atoms with Crippen molar-refractivity contribution in [2.75, 3.05) is 5.32 Å². The van der Waals surface area contributed by atoms with Gasteiger partial charge in [0.25, 0.3) is 5.78 Å². The van der Waals surface area contributed by atoms with Gasteiger partial charge in [0.05, 0.1) is 0 Å². The number of fused-ring (bicyclic) bond motifs is 1. The SMILES string of the molecule is Cc1ccc(Nc2cc(Cl)nc3ncnn23)c(C)c1. The summed E-state index contributed by atoms with van der Waals surface area (Å²) < 4.78 is 1.62. The lowest BCUT2D eigenvalue weighted by atomic mass is 10.1. The molecule has 2 heterocycles. The van der Waals surface area contributed by atoms with Gasteiger partial charge < -0.3 is 5.32 Å². The van der Waals surface area contributed by atoms with E-state index in [4.69, 9.17) is 11.6 Å². The third-order valence-corrected chi connectivity index (χ3v) is 3.06. The molecule has 0 aliphatic rings. The third-order valence-electron chi connectivity index (χ3n) is 2.87. The monoisotopic (exact) mass is 273 g/mol. The molecule has 0 saturated heterocycles. The minimum Gasteiger partial charge on any atom is -0.340 e. The van der Waals surface area contributed by atoms with Gasteiger partial charge in [-0.15, -0.1) is 0 Å². The molecule has 1 aromatic carbocycles. The molecule has 0 fully saturated rings. The molecule has 0 radical (unpaired) electrons. The van der Waals surface area contributed by atoms with Crippen LogP contribution in [0.3, 0.4) is 0 Å². The van der Waals surface area contributed by atoms with Crippen LogP contribution < -0.4 is 5.32 Å². The van der Waals surface area contributed by atoms with Gasteiger partial charge in [0.2, 0.25) is 0 Å². The van der Waals surface area contributed by atoms with Crippen molar-refractivity contribution >= 4 is 28.9 Å². The van der Waals surface area contributed by atoms with Crippen molar-refractivity contribution < 1.29 is 0 Å². The van der Waals surface area contributed by atoms with E-state index in [2.05, 4.69) is 46.4 Å². The molecule has 0 spiro atoms. The summed E-state index contributed by atoms with van der Waals surface area (Å²) >= 11 is 5.98. The Morgan fingerprint density at radius 2 is 2.05 bits per heavy atom. The highest BCUT2D eigenvalue weighted by molar-refractivity contribution is 6.29. The zero-order valence-electron chi connectivity index (χ0n) is 10.6. The van der Waals surface area contributed by atoms with Crippen molar-refractivity contribution in [3.05, 3.63) is 46.9 Å². The molecule has 0 amide bonds. The maximum atomic E-state index is 5.98. The van der Waals surface area contributed by atoms with Crippen LogP contribution in [0.2, 0.25) is 5.15 Å². The van der Waals surface area contributed by atoms with E-state index < -0.39 is 0 Å². The fourth-order valence-corrected chi connectivity index (χ4v) is 2.14. The van der Waals surface area contributed by atoms with Gasteiger partial charge in [0.1, 0.15) is 17.3 Å². The van der Waals surface area contributed by atoms with E-state index in [0.29, 0.717) is 10.9 Å². The molecule has 2 aromatic heterocycles. The lowest BCUT2D eigenvalue weighted by Gasteiger charge is -2.11. The number of anilines is 2. The van der Waals surface area contributed by atoms with Crippen LogP contribution in [0.15, 0.2) is 30.6 Å². The minimum absolute atomic E-state index is 0.382. The van der Waals surface area contributed by atoms with E-state index >= 15 is 0 Å². The van der Waals surface area contributed by atoms with Gasteiger partial charge >= 0.3 is 0 Å². The number of hydrogen-bond donors (Lipinski definition) is 1. The molecule has 3 aromatic rings. The summed E-state index contributed by atoms with van der Waals surface area (Å²) in [5.74, 6) is 1.21. The Morgan fingerprint density at radius 1 is 1.21 bits per heavy atom. The molecule has 0 atom stereocenters. The molecule has 3 rings (SSSR count). The molecule has 0 saturated carbocycles. The molecular weight excluding hydrogens is 262 g/mol. The predicted octanol–water partition coefficient (Wildman–Crippen LogP) is 3.14. The number of nitrogens with one attached hydrogen (secondary N) is 1. The summed E-state index contributed by atoms with van der Waals surface area (Å²) in [4.78, 5) is 8.12. The molecule has 0 unspecified atom stereocenters. The second-order valence-corrected chi connectivity index (χ2v) is 4.77. The first-order valence-corrected chi connectivity index (χ1v) is 6.22. The van der Waals surface area contributed by atoms with Crippen molar-refractivity contribution in [2.45, 2.75) is 13.8 Å². The maximum absolute atomic E-state index is 5.98. The number of benzene rings is 1. The minimum atomic E-state index is 0.382. The zero-order chi connectivity index (χ0) is 13.4. The number of nitrogens with zero attached hydrogens (tertiary/aromatic N) is 4. The molecule has 5 nitrogen and oxygen atoms in total. The fourth-order valence-electron chi connectivity index (χ4n) is 1.96. The second kappa shape index (κ2) is 4.51. The molecule has 1 N–H and O–H groups in total. The standard InChI is InChI=1S/C13H12ClN5/c1-8-3-4-10(9(2)5-8)17-12-6-11(14)18-13-15-7-16-19(12)13/h3-7,17H,1-2H3. The van der Waals surface area contributed by atoms with Crippen molar-refractivity contribution in [2.24, 2.45) is 0 Å². The van der Waals surface area contributed by atoms with Crippen LogP contribution in [0.4, 0.5) is 11.5 Å². The van der Waals surface area contributed by atoms with Gasteiger partial charge in [-0.2, -0.15) is 19.6 Å². The predicted molar refractivity (Wildman–Crippen MR) is 75.0 cm³/mol. The Balaban J connectivity index is 2.07. The first-order chi connectivity index (χ1) is 9.13. The summed E-state index contributed by atoms with van der Waals surface area (Å²) in [6.45, 7) is 4.12. The Kier molecular flexibility index (Phi) is 2.83. The maximum Gasteiger partial charge on any atom is 0.255 e. The van der Waals surface area contributed by atoms with Crippen LogP contribution in [-0.4, -0.2) is 19.6 Å². The van der Waals surface area contributed by atoms with E-state index in [1.165, 1.54) is 11.9 Å². The van der Waals surface area contributed by atoms with Gasteiger partial charge in [-0.1, -0.05) is 29.3 Å². The molecule has 19 heavy (non-hydrogen) atoms. The van der Waals surface area contributed by atoms with Gasteiger partial charge in [-0.25, -0.2) is 0 Å².